The lowest BCUT2D eigenvalue weighted by Gasteiger charge is -2.27. The largest absolute Gasteiger partial charge is 0.399 e. The molecule has 5 nitrogen and oxygen atoms in total. The third-order valence-corrected chi connectivity index (χ3v) is 5.41. The quantitative estimate of drug-likeness (QED) is 0.627. The van der Waals surface area contributed by atoms with E-state index in [-0.39, 0.29) is 5.91 Å². The number of aryl methyl sites for hydroxylation is 1. The van der Waals surface area contributed by atoms with Gasteiger partial charge in [-0.25, -0.2) is 4.98 Å². The second kappa shape index (κ2) is 8.35. The highest BCUT2D eigenvalue weighted by Crippen LogP contribution is 2.26. The smallest absolute Gasteiger partial charge is 0.255 e. The van der Waals surface area contributed by atoms with Gasteiger partial charge in [0.15, 0.2) is 0 Å². The van der Waals surface area contributed by atoms with Gasteiger partial charge in [-0.2, -0.15) is 0 Å². The number of nitrogens with zero attached hydrogens (tertiary/aromatic N) is 2. The van der Waals surface area contributed by atoms with E-state index < -0.39 is 0 Å². The number of hydrogen-bond donors (Lipinski definition) is 2. The standard InChI is InChI=1S/C24H26N4O/c1-17-5-6-19(15-22(17)18-7-9-20(25)10-8-18)24(29)27-21-11-12-23(26-16-21)28-13-3-2-4-14-28/h5-12,15-16H,2-4,13-14,25H2,1H3,(H,27,29). The zero-order valence-corrected chi connectivity index (χ0v) is 16.7. The number of nitrogens with one attached hydrogen (secondary N) is 1. The molecule has 4 rings (SSSR count). The SMILES string of the molecule is Cc1ccc(C(=O)Nc2ccc(N3CCCCC3)nc2)cc1-c1ccc(N)cc1. The summed E-state index contributed by atoms with van der Waals surface area (Å²) in [5.41, 5.74) is 11.0. The van der Waals surface area contributed by atoms with Crippen LogP contribution in [-0.2, 0) is 0 Å². The first kappa shape index (κ1) is 19.0. The van der Waals surface area contributed by atoms with E-state index >= 15 is 0 Å². The monoisotopic (exact) mass is 386 g/mol. The Morgan fingerprint density at radius 3 is 2.45 bits per heavy atom. The lowest BCUT2D eigenvalue weighted by atomic mass is 9.97. The number of aromatic nitrogens is 1. The van der Waals surface area contributed by atoms with Crippen molar-refractivity contribution in [2.24, 2.45) is 0 Å². The van der Waals surface area contributed by atoms with E-state index in [1.54, 1.807) is 6.20 Å². The summed E-state index contributed by atoms with van der Waals surface area (Å²) in [5, 5.41) is 2.96. The predicted octanol–water partition coefficient (Wildman–Crippen LogP) is 4.88. The molecule has 0 aliphatic carbocycles. The molecule has 0 spiro atoms. The molecule has 1 fully saturated rings. The average Bonchev–Trinajstić information content (AvgIpc) is 2.76. The molecule has 0 atom stereocenters. The maximum atomic E-state index is 12.8. The van der Waals surface area contributed by atoms with E-state index in [0.29, 0.717) is 11.3 Å². The Hall–Kier alpha value is -3.34. The van der Waals surface area contributed by atoms with Gasteiger partial charge >= 0.3 is 0 Å². The van der Waals surface area contributed by atoms with Gasteiger partial charge in [0.25, 0.3) is 5.91 Å². The molecule has 0 bridgehead atoms. The minimum atomic E-state index is -0.144. The number of carbonyl (C=O) groups excluding carboxylic acids is 1. The van der Waals surface area contributed by atoms with E-state index in [2.05, 4.69) is 15.2 Å². The van der Waals surface area contributed by atoms with Crippen molar-refractivity contribution in [2.45, 2.75) is 26.2 Å². The number of amides is 1. The van der Waals surface area contributed by atoms with E-state index in [4.69, 9.17) is 5.73 Å². The number of hydrogen-bond acceptors (Lipinski definition) is 4. The van der Waals surface area contributed by atoms with Crippen molar-refractivity contribution in [3.8, 4) is 11.1 Å². The first-order valence-electron chi connectivity index (χ1n) is 10.1. The topological polar surface area (TPSA) is 71.2 Å². The summed E-state index contributed by atoms with van der Waals surface area (Å²) >= 11 is 0. The van der Waals surface area contributed by atoms with Gasteiger partial charge in [-0.1, -0.05) is 18.2 Å². The molecule has 1 saturated heterocycles. The normalized spacial score (nSPS) is 13.9. The highest BCUT2D eigenvalue weighted by molar-refractivity contribution is 6.05. The third kappa shape index (κ3) is 4.40. The number of rotatable bonds is 4. The number of nitrogen functional groups attached to an aromatic ring is 1. The maximum Gasteiger partial charge on any atom is 0.255 e. The van der Waals surface area contributed by atoms with E-state index in [0.717, 1.165) is 41.3 Å². The molecule has 5 heteroatoms. The molecule has 3 N–H and O–H groups in total. The van der Waals surface area contributed by atoms with Crippen LogP contribution in [0.15, 0.2) is 60.8 Å². The lowest BCUT2D eigenvalue weighted by Crippen LogP contribution is -2.30. The molecular formula is C24H26N4O. The molecule has 1 aromatic heterocycles. The molecule has 0 radical (unpaired) electrons. The van der Waals surface area contributed by atoms with Gasteiger partial charge in [-0.15, -0.1) is 0 Å². The fourth-order valence-corrected chi connectivity index (χ4v) is 3.71. The number of pyridine rings is 1. The summed E-state index contributed by atoms with van der Waals surface area (Å²) in [4.78, 5) is 19.6. The predicted molar refractivity (Wildman–Crippen MR) is 119 cm³/mol. The molecule has 3 aromatic rings. The van der Waals surface area contributed by atoms with Gasteiger partial charge in [0.1, 0.15) is 5.82 Å². The van der Waals surface area contributed by atoms with Gasteiger partial charge in [-0.3, -0.25) is 4.79 Å². The molecular weight excluding hydrogens is 360 g/mol. The van der Waals surface area contributed by atoms with Gasteiger partial charge in [-0.05, 0) is 79.3 Å². The van der Waals surface area contributed by atoms with Crippen molar-refractivity contribution < 1.29 is 4.79 Å². The van der Waals surface area contributed by atoms with Crippen molar-refractivity contribution in [3.63, 3.8) is 0 Å². The van der Waals surface area contributed by atoms with Crippen LogP contribution in [0.2, 0.25) is 0 Å². The van der Waals surface area contributed by atoms with Crippen LogP contribution in [0.5, 0.6) is 0 Å². The van der Waals surface area contributed by atoms with Crippen LogP contribution in [-0.4, -0.2) is 24.0 Å². The van der Waals surface area contributed by atoms with Crippen LogP contribution < -0.4 is 16.0 Å². The van der Waals surface area contributed by atoms with Crippen LogP contribution >= 0.6 is 0 Å². The Balaban J connectivity index is 1.49. The third-order valence-electron chi connectivity index (χ3n) is 5.41. The van der Waals surface area contributed by atoms with Crippen LogP contribution in [0.4, 0.5) is 17.2 Å². The number of anilines is 3. The first-order chi connectivity index (χ1) is 14.1. The highest BCUT2D eigenvalue weighted by Gasteiger charge is 2.13. The van der Waals surface area contributed by atoms with Gasteiger partial charge in [0.05, 0.1) is 11.9 Å². The van der Waals surface area contributed by atoms with Crippen LogP contribution in [0.3, 0.4) is 0 Å². The van der Waals surface area contributed by atoms with Crippen molar-refractivity contribution in [1.82, 2.24) is 4.98 Å². The van der Waals surface area contributed by atoms with Gasteiger partial charge < -0.3 is 16.0 Å². The Labute approximate surface area is 171 Å². The number of carbonyl (C=O) groups is 1. The Morgan fingerprint density at radius 1 is 1.00 bits per heavy atom. The summed E-state index contributed by atoms with van der Waals surface area (Å²) < 4.78 is 0. The Kier molecular flexibility index (Phi) is 5.47. The molecule has 2 heterocycles. The Bertz CT molecular complexity index is 990. The fourth-order valence-electron chi connectivity index (χ4n) is 3.71. The number of benzene rings is 2. The molecule has 1 aliphatic heterocycles. The van der Waals surface area contributed by atoms with E-state index in [1.165, 1.54) is 19.3 Å². The molecule has 0 saturated carbocycles. The zero-order chi connectivity index (χ0) is 20.2. The minimum absolute atomic E-state index is 0.144. The molecule has 148 valence electrons. The number of nitrogens with two attached hydrogens (primary N) is 1. The maximum absolute atomic E-state index is 12.8. The highest BCUT2D eigenvalue weighted by atomic mass is 16.1. The molecule has 1 aliphatic rings. The van der Waals surface area contributed by atoms with Crippen molar-refractivity contribution in [2.75, 3.05) is 29.0 Å². The van der Waals surface area contributed by atoms with Crippen LogP contribution in [0.25, 0.3) is 11.1 Å². The van der Waals surface area contributed by atoms with Crippen molar-refractivity contribution in [3.05, 3.63) is 71.9 Å². The number of piperidine rings is 1. The first-order valence-corrected chi connectivity index (χ1v) is 10.1. The molecule has 1 amide bonds. The summed E-state index contributed by atoms with van der Waals surface area (Å²) in [5.74, 6) is 0.831. The summed E-state index contributed by atoms with van der Waals surface area (Å²) in [6.07, 6.45) is 5.45. The van der Waals surface area contributed by atoms with Crippen LogP contribution in [0, 0.1) is 6.92 Å². The second-order valence-corrected chi connectivity index (χ2v) is 7.56. The second-order valence-electron chi connectivity index (χ2n) is 7.56. The van der Waals surface area contributed by atoms with E-state index in [1.807, 2.05) is 61.5 Å². The van der Waals surface area contributed by atoms with Crippen LogP contribution in [0.1, 0.15) is 35.2 Å². The van der Waals surface area contributed by atoms with E-state index in [9.17, 15) is 4.79 Å². The average molecular weight is 386 g/mol. The minimum Gasteiger partial charge on any atom is -0.399 e. The van der Waals surface area contributed by atoms with Gasteiger partial charge in [0, 0.05) is 24.3 Å². The molecule has 2 aromatic carbocycles. The summed E-state index contributed by atoms with van der Waals surface area (Å²) in [6, 6.07) is 17.3. The molecule has 0 unspecified atom stereocenters. The zero-order valence-electron chi connectivity index (χ0n) is 16.7. The van der Waals surface area contributed by atoms with Crippen molar-refractivity contribution in [1.29, 1.82) is 0 Å². The van der Waals surface area contributed by atoms with Gasteiger partial charge in [0.2, 0.25) is 0 Å². The summed E-state index contributed by atoms with van der Waals surface area (Å²) in [6.45, 7) is 4.14. The molecule has 29 heavy (non-hydrogen) atoms. The lowest BCUT2D eigenvalue weighted by molar-refractivity contribution is 0.102. The fraction of sp³-hybridized carbons (Fsp3) is 0.250. The van der Waals surface area contributed by atoms with Crippen molar-refractivity contribution >= 4 is 23.1 Å². The Morgan fingerprint density at radius 2 is 1.76 bits per heavy atom. The summed E-state index contributed by atoms with van der Waals surface area (Å²) in [7, 11) is 0.